The van der Waals surface area contributed by atoms with Crippen molar-refractivity contribution in [3.63, 3.8) is 0 Å². The Balaban J connectivity index is 0.000000605. The number of hydrogen-bond acceptors (Lipinski definition) is 1. The van der Waals surface area contributed by atoms with Crippen LogP contribution >= 0.6 is 0 Å². The van der Waals surface area contributed by atoms with E-state index in [1.165, 1.54) is 12.8 Å². The molecule has 0 bridgehead atoms. The molecular formula is C9H18O2. The van der Waals surface area contributed by atoms with E-state index in [-0.39, 0.29) is 5.48 Å². The van der Waals surface area contributed by atoms with Crippen LogP contribution in [0, 0.1) is 17.3 Å². The molecule has 1 heterocycles. The van der Waals surface area contributed by atoms with Crippen molar-refractivity contribution in [2.24, 2.45) is 17.3 Å². The highest BCUT2D eigenvalue weighted by molar-refractivity contribution is 5.05. The van der Waals surface area contributed by atoms with Crippen LogP contribution in [0.25, 0.3) is 0 Å². The summed E-state index contributed by atoms with van der Waals surface area (Å²) in [5, 5.41) is 0. The lowest BCUT2D eigenvalue weighted by molar-refractivity contribution is 0.0463. The Hall–Kier alpha value is -0.0800. The van der Waals surface area contributed by atoms with Crippen LogP contribution in [0.1, 0.15) is 26.7 Å². The smallest absolute Gasteiger partial charge is 0.0499 e. The van der Waals surface area contributed by atoms with Gasteiger partial charge in [-0.15, -0.1) is 0 Å². The van der Waals surface area contributed by atoms with E-state index in [1.54, 1.807) is 0 Å². The minimum atomic E-state index is 0. The summed E-state index contributed by atoms with van der Waals surface area (Å²) >= 11 is 0. The van der Waals surface area contributed by atoms with Crippen molar-refractivity contribution in [3.8, 4) is 0 Å². The molecule has 2 atom stereocenters. The van der Waals surface area contributed by atoms with Gasteiger partial charge in [-0.25, -0.2) is 0 Å². The first-order chi connectivity index (χ1) is 4.76. The van der Waals surface area contributed by atoms with Crippen LogP contribution in [-0.2, 0) is 4.74 Å². The molecule has 2 heteroatoms. The van der Waals surface area contributed by atoms with Crippen molar-refractivity contribution in [3.05, 3.63) is 0 Å². The third-order valence-electron chi connectivity index (χ3n) is 3.46. The highest BCUT2D eigenvalue weighted by atomic mass is 16.5. The molecular weight excluding hydrogens is 140 g/mol. The summed E-state index contributed by atoms with van der Waals surface area (Å²) in [6, 6.07) is 0. The Morgan fingerprint density at radius 2 is 2.18 bits per heavy atom. The van der Waals surface area contributed by atoms with E-state index in [1.807, 2.05) is 0 Å². The number of hydrogen-bond donors (Lipinski definition) is 0. The van der Waals surface area contributed by atoms with Crippen molar-refractivity contribution >= 4 is 0 Å². The highest BCUT2D eigenvalue weighted by Gasteiger charge is 2.56. The van der Waals surface area contributed by atoms with E-state index < -0.39 is 0 Å². The fourth-order valence-electron chi connectivity index (χ4n) is 2.41. The molecule has 1 saturated carbocycles. The average molecular weight is 158 g/mol. The maximum atomic E-state index is 5.40. The zero-order valence-electron chi connectivity index (χ0n) is 7.39. The first-order valence-electron chi connectivity index (χ1n) is 4.33. The highest BCUT2D eigenvalue weighted by Crippen LogP contribution is 2.61. The van der Waals surface area contributed by atoms with Crippen LogP contribution in [0.3, 0.4) is 0 Å². The van der Waals surface area contributed by atoms with Crippen LogP contribution in [-0.4, -0.2) is 18.7 Å². The van der Waals surface area contributed by atoms with Gasteiger partial charge in [0.15, 0.2) is 0 Å². The lowest BCUT2D eigenvalue weighted by atomic mass is 9.86. The second kappa shape index (κ2) is 2.76. The largest absolute Gasteiger partial charge is 0.412 e. The van der Waals surface area contributed by atoms with Gasteiger partial charge in [0.1, 0.15) is 0 Å². The third-order valence-corrected chi connectivity index (χ3v) is 3.46. The van der Waals surface area contributed by atoms with Crippen LogP contribution in [0.4, 0.5) is 0 Å². The summed E-state index contributed by atoms with van der Waals surface area (Å²) in [5.41, 5.74) is 0.720. The second-order valence-corrected chi connectivity index (χ2v) is 4.11. The number of ether oxygens (including phenoxy) is 1. The Morgan fingerprint density at radius 3 is 2.64 bits per heavy atom. The standard InChI is InChI=1S/C9H16O.H2O/c1-7(2)9-3-4-10-6-8(9)5-9;/h7-8H,3-6H2,1-2H3;1H2. The van der Waals surface area contributed by atoms with Crippen molar-refractivity contribution in [2.75, 3.05) is 13.2 Å². The first-order valence-corrected chi connectivity index (χ1v) is 4.33. The van der Waals surface area contributed by atoms with E-state index in [4.69, 9.17) is 4.74 Å². The summed E-state index contributed by atoms with van der Waals surface area (Å²) < 4.78 is 5.40. The minimum absolute atomic E-state index is 0. The molecule has 2 aliphatic rings. The molecule has 1 saturated heterocycles. The topological polar surface area (TPSA) is 40.7 Å². The molecule has 0 amide bonds. The SMILES string of the molecule is CC(C)C12CCOCC1C2.O. The van der Waals surface area contributed by atoms with Crippen LogP contribution in [0.15, 0.2) is 0 Å². The van der Waals surface area contributed by atoms with Gasteiger partial charge in [-0.1, -0.05) is 13.8 Å². The fraction of sp³-hybridized carbons (Fsp3) is 1.00. The molecule has 66 valence electrons. The molecule has 0 spiro atoms. The van der Waals surface area contributed by atoms with Gasteiger partial charge in [-0.3, -0.25) is 0 Å². The number of fused-ring (bicyclic) bond motifs is 1. The first kappa shape index (κ1) is 9.01. The van der Waals surface area contributed by atoms with Gasteiger partial charge < -0.3 is 10.2 Å². The van der Waals surface area contributed by atoms with Crippen molar-refractivity contribution in [2.45, 2.75) is 26.7 Å². The van der Waals surface area contributed by atoms with Gasteiger partial charge in [0.05, 0.1) is 0 Å². The Morgan fingerprint density at radius 1 is 1.45 bits per heavy atom. The summed E-state index contributed by atoms with van der Waals surface area (Å²) in [6.07, 6.45) is 2.75. The monoisotopic (exact) mass is 158 g/mol. The summed E-state index contributed by atoms with van der Waals surface area (Å²) in [6.45, 7) is 6.75. The van der Waals surface area contributed by atoms with Crippen molar-refractivity contribution < 1.29 is 10.2 Å². The molecule has 2 N–H and O–H groups in total. The summed E-state index contributed by atoms with van der Waals surface area (Å²) in [4.78, 5) is 0. The molecule has 2 unspecified atom stereocenters. The van der Waals surface area contributed by atoms with Crippen LogP contribution < -0.4 is 0 Å². The Kier molecular flexibility index (Phi) is 2.26. The van der Waals surface area contributed by atoms with Crippen LogP contribution in [0.2, 0.25) is 0 Å². The van der Waals surface area contributed by atoms with Gasteiger partial charge in [0.2, 0.25) is 0 Å². The van der Waals surface area contributed by atoms with Gasteiger partial charge in [0, 0.05) is 13.2 Å². The predicted molar refractivity (Wildman–Crippen MR) is 44.4 cm³/mol. The van der Waals surface area contributed by atoms with E-state index in [2.05, 4.69) is 13.8 Å². The molecule has 2 rings (SSSR count). The molecule has 2 fully saturated rings. The lowest BCUT2D eigenvalue weighted by Gasteiger charge is -2.25. The van der Waals surface area contributed by atoms with Gasteiger partial charge in [-0.05, 0) is 30.1 Å². The normalized spacial score (nSPS) is 41.2. The molecule has 1 aliphatic carbocycles. The average Bonchev–Trinajstić information content (AvgIpc) is 2.61. The van der Waals surface area contributed by atoms with Crippen molar-refractivity contribution in [1.82, 2.24) is 0 Å². The zero-order valence-corrected chi connectivity index (χ0v) is 7.39. The predicted octanol–water partition coefficient (Wildman–Crippen LogP) is 1.24. The van der Waals surface area contributed by atoms with E-state index in [0.717, 1.165) is 30.5 Å². The quantitative estimate of drug-likeness (QED) is 0.566. The molecule has 0 aromatic carbocycles. The van der Waals surface area contributed by atoms with E-state index in [9.17, 15) is 0 Å². The van der Waals surface area contributed by atoms with Gasteiger partial charge >= 0.3 is 0 Å². The molecule has 0 aromatic heterocycles. The number of rotatable bonds is 1. The minimum Gasteiger partial charge on any atom is -0.412 e. The molecule has 0 radical (unpaired) electrons. The molecule has 2 nitrogen and oxygen atoms in total. The van der Waals surface area contributed by atoms with E-state index >= 15 is 0 Å². The Bertz CT molecular complexity index is 144. The van der Waals surface area contributed by atoms with Gasteiger partial charge in [0.25, 0.3) is 0 Å². The second-order valence-electron chi connectivity index (χ2n) is 4.11. The zero-order chi connectivity index (χ0) is 7.19. The molecule has 1 aliphatic heterocycles. The summed E-state index contributed by atoms with van der Waals surface area (Å²) in [7, 11) is 0. The Labute approximate surface area is 68.2 Å². The molecule has 0 aromatic rings. The van der Waals surface area contributed by atoms with Gasteiger partial charge in [-0.2, -0.15) is 0 Å². The third kappa shape index (κ3) is 1.18. The molecule has 11 heavy (non-hydrogen) atoms. The maximum Gasteiger partial charge on any atom is 0.0499 e. The van der Waals surface area contributed by atoms with Crippen LogP contribution in [0.5, 0.6) is 0 Å². The lowest BCUT2D eigenvalue weighted by Crippen LogP contribution is -2.22. The van der Waals surface area contributed by atoms with E-state index in [0.29, 0.717) is 0 Å². The maximum absolute atomic E-state index is 5.40. The van der Waals surface area contributed by atoms with Crippen molar-refractivity contribution in [1.29, 1.82) is 0 Å². The summed E-state index contributed by atoms with van der Waals surface area (Å²) in [5.74, 6) is 1.79. The fourth-order valence-corrected chi connectivity index (χ4v) is 2.41.